The molecule has 27 heavy (non-hydrogen) atoms. The number of halogens is 3. The lowest BCUT2D eigenvalue weighted by atomic mass is 9.77. The molecular formula is C17H27F3N2O5. The minimum absolute atomic E-state index is 0.109. The number of carboxylic acids is 1. The zero-order chi connectivity index (χ0) is 20.1. The number of aliphatic carboxylic acids is 1. The maximum atomic E-state index is 12.0. The molecule has 10 heteroatoms. The van der Waals surface area contributed by atoms with Crippen LogP contribution in [0.5, 0.6) is 0 Å². The summed E-state index contributed by atoms with van der Waals surface area (Å²) < 4.78 is 43.4. The summed E-state index contributed by atoms with van der Waals surface area (Å²) in [5, 5.41) is 7.12. The summed E-state index contributed by atoms with van der Waals surface area (Å²) in [5.74, 6) is -2.61. The molecular weight excluding hydrogens is 369 g/mol. The molecule has 0 spiro atoms. The number of nitrogens with zero attached hydrogens (tertiary/aromatic N) is 2. The van der Waals surface area contributed by atoms with Gasteiger partial charge < -0.3 is 24.4 Å². The minimum Gasteiger partial charge on any atom is -0.475 e. The van der Waals surface area contributed by atoms with Crippen LogP contribution in [0, 0.1) is 5.41 Å². The van der Waals surface area contributed by atoms with E-state index in [1.165, 1.54) is 0 Å². The molecule has 0 aromatic carbocycles. The Balaban J connectivity index is 0.000000321. The third-order valence-electron chi connectivity index (χ3n) is 5.28. The average Bonchev–Trinajstić information content (AvgIpc) is 3.23. The molecule has 0 radical (unpaired) electrons. The van der Waals surface area contributed by atoms with E-state index in [4.69, 9.17) is 19.4 Å². The van der Waals surface area contributed by atoms with Gasteiger partial charge in [-0.05, 0) is 32.7 Å². The van der Waals surface area contributed by atoms with Crippen LogP contribution in [-0.4, -0.2) is 92.1 Å². The van der Waals surface area contributed by atoms with Crippen LogP contribution in [0.1, 0.15) is 25.7 Å². The smallest absolute Gasteiger partial charge is 0.475 e. The van der Waals surface area contributed by atoms with Crippen LogP contribution in [0.3, 0.4) is 0 Å². The second-order valence-electron chi connectivity index (χ2n) is 7.38. The topological polar surface area (TPSA) is 79.3 Å². The Labute approximate surface area is 156 Å². The highest BCUT2D eigenvalue weighted by Gasteiger charge is 2.47. The Morgan fingerprint density at radius 1 is 1.26 bits per heavy atom. The van der Waals surface area contributed by atoms with Crippen molar-refractivity contribution < 1.29 is 37.3 Å². The molecule has 0 saturated carbocycles. The molecule has 1 amide bonds. The summed E-state index contributed by atoms with van der Waals surface area (Å²) >= 11 is 0. The third-order valence-corrected chi connectivity index (χ3v) is 5.28. The van der Waals surface area contributed by atoms with Gasteiger partial charge >= 0.3 is 12.1 Å². The fraction of sp³-hybridized carbons (Fsp3) is 0.882. The molecule has 0 unspecified atom stereocenters. The lowest BCUT2D eigenvalue weighted by molar-refractivity contribution is -0.192. The molecule has 2 atom stereocenters. The number of fused-ring (bicyclic) bond motifs is 1. The number of carbonyl (C=O) groups excluding carboxylic acids is 1. The summed E-state index contributed by atoms with van der Waals surface area (Å²) in [6, 6.07) is 0. The van der Waals surface area contributed by atoms with Crippen molar-refractivity contribution in [2.24, 2.45) is 5.41 Å². The van der Waals surface area contributed by atoms with E-state index in [0.29, 0.717) is 12.7 Å². The molecule has 0 aromatic heterocycles. The molecule has 156 valence electrons. The standard InChI is InChI=1S/C15H26N2O3.C2HF3O2/c1-16-8-4-13-15(11-16,5-9-20-13)12-19-10-14(18)17-6-2-3-7-17;3-2(4,5)1(6)7/h13H,2-12H2,1H3;(H,6,7)/t13-,15+;/m1./s1. The van der Waals surface area contributed by atoms with Crippen molar-refractivity contribution >= 4 is 11.9 Å². The Kier molecular flexibility index (Phi) is 7.47. The van der Waals surface area contributed by atoms with Gasteiger partial charge in [-0.2, -0.15) is 13.2 Å². The van der Waals surface area contributed by atoms with Gasteiger partial charge in [0.25, 0.3) is 0 Å². The summed E-state index contributed by atoms with van der Waals surface area (Å²) in [7, 11) is 2.16. The van der Waals surface area contributed by atoms with Gasteiger partial charge in [0.15, 0.2) is 0 Å². The van der Waals surface area contributed by atoms with Gasteiger partial charge in [0.05, 0.1) is 12.7 Å². The number of amides is 1. The van der Waals surface area contributed by atoms with Crippen LogP contribution in [0.15, 0.2) is 0 Å². The van der Waals surface area contributed by atoms with Gasteiger partial charge in [-0.25, -0.2) is 4.79 Å². The van der Waals surface area contributed by atoms with Crippen LogP contribution in [0.2, 0.25) is 0 Å². The van der Waals surface area contributed by atoms with Crippen LogP contribution in [0.4, 0.5) is 13.2 Å². The second kappa shape index (κ2) is 9.20. The number of likely N-dealkylation sites (tertiary alicyclic amines) is 2. The SMILES string of the molecule is CN1CC[C@H]2OCC[C@@]2(COCC(=O)N2CCCC2)C1.O=C(O)C(F)(F)F. The van der Waals surface area contributed by atoms with Crippen molar-refractivity contribution in [2.75, 3.05) is 53.0 Å². The second-order valence-corrected chi connectivity index (χ2v) is 7.38. The molecule has 3 heterocycles. The summed E-state index contributed by atoms with van der Waals surface area (Å²) in [4.78, 5) is 25.2. The first kappa shape index (κ1) is 21.9. The summed E-state index contributed by atoms with van der Waals surface area (Å²) in [6.07, 6.45) is -0.354. The van der Waals surface area contributed by atoms with Crippen LogP contribution in [0.25, 0.3) is 0 Å². The Hall–Kier alpha value is -1.39. The number of piperidine rings is 1. The molecule has 3 rings (SSSR count). The predicted octanol–water partition coefficient (Wildman–Crippen LogP) is 1.37. The molecule has 3 fully saturated rings. The Bertz CT molecular complexity index is 525. The first-order chi connectivity index (χ1) is 12.6. The highest BCUT2D eigenvalue weighted by atomic mass is 19.4. The predicted molar refractivity (Wildman–Crippen MR) is 89.2 cm³/mol. The van der Waals surface area contributed by atoms with E-state index < -0.39 is 12.1 Å². The van der Waals surface area contributed by atoms with Crippen molar-refractivity contribution in [3.63, 3.8) is 0 Å². The van der Waals surface area contributed by atoms with Gasteiger partial charge in [-0.15, -0.1) is 0 Å². The number of ether oxygens (including phenoxy) is 2. The van der Waals surface area contributed by atoms with Gasteiger partial charge in [0, 0.05) is 38.2 Å². The van der Waals surface area contributed by atoms with Crippen molar-refractivity contribution in [2.45, 2.75) is 38.0 Å². The van der Waals surface area contributed by atoms with Crippen LogP contribution >= 0.6 is 0 Å². The maximum absolute atomic E-state index is 12.0. The fourth-order valence-corrected chi connectivity index (χ4v) is 3.88. The first-order valence-corrected chi connectivity index (χ1v) is 9.10. The molecule has 0 aromatic rings. The zero-order valence-corrected chi connectivity index (χ0v) is 15.5. The number of rotatable bonds is 4. The van der Waals surface area contributed by atoms with Crippen molar-refractivity contribution in [3.8, 4) is 0 Å². The highest BCUT2D eigenvalue weighted by molar-refractivity contribution is 5.77. The van der Waals surface area contributed by atoms with Crippen LogP contribution < -0.4 is 0 Å². The number of carboxylic acid groups (broad SMARTS) is 1. The zero-order valence-electron chi connectivity index (χ0n) is 15.5. The number of hydrogen-bond acceptors (Lipinski definition) is 5. The number of hydrogen-bond donors (Lipinski definition) is 1. The lowest BCUT2D eigenvalue weighted by Gasteiger charge is -2.42. The van der Waals surface area contributed by atoms with E-state index in [-0.39, 0.29) is 17.9 Å². The van der Waals surface area contributed by atoms with Crippen molar-refractivity contribution in [1.29, 1.82) is 0 Å². The van der Waals surface area contributed by atoms with Crippen molar-refractivity contribution in [1.82, 2.24) is 9.80 Å². The number of alkyl halides is 3. The van der Waals surface area contributed by atoms with E-state index in [9.17, 15) is 18.0 Å². The normalized spacial score (nSPS) is 28.4. The van der Waals surface area contributed by atoms with Gasteiger partial charge in [-0.1, -0.05) is 0 Å². The molecule has 0 bridgehead atoms. The number of carbonyl (C=O) groups is 2. The van der Waals surface area contributed by atoms with Crippen molar-refractivity contribution in [3.05, 3.63) is 0 Å². The van der Waals surface area contributed by atoms with Crippen LogP contribution in [-0.2, 0) is 19.1 Å². The van der Waals surface area contributed by atoms with Gasteiger partial charge in [-0.3, -0.25) is 4.79 Å². The van der Waals surface area contributed by atoms with E-state index in [2.05, 4.69) is 11.9 Å². The van der Waals surface area contributed by atoms with Gasteiger partial charge in [0.1, 0.15) is 6.61 Å². The summed E-state index contributed by atoms with van der Waals surface area (Å²) in [5.41, 5.74) is 0.109. The fourth-order valence-electron chi connectivity index (χ4n) is 3.88. The monoisotopic (exact) mass is 396 g/mol. The first-order valence-electron chi connectivity index (χ1n) is 9.10. The van der Waals surface area contributed by atoms with Gasteiger partial charge in [0.2, 0.25) is 5.91 Å². The minimum atomic E-state index is -5.08. The van der Waals surface area contributed by atoms with E-state index in [0.717, 1.165) is 58.5 Å². The quantitative estimate of drug-likeness (QED) is 0.773. The molecule has 3 aliphatic rings. The largest absolute Gasteiger partial charge is 0.490 e. The van der Waals surface area contributed by atoms with E-state index in [1.54, 1.807) is 0 Å². The molecule has 3 saturated heterocycles. The molecule has 3 aliphatic heterocycles. The average molecular weight is 396 g/mol. The molecule has 0 aliphatic carbocycles. The van der Waals surface area contributed by atoms with E-state index >= 15 is 0 Å². The molecule has 7 nitrogen and oxygen atoms in total. The Morgan fingerprint density at radius 3 is 2.48 bits per heavy atom. The Morgan fingerprint density at radius 2 is 1.89 bits per heavy atom. The highest BCUT2D eigenvalue weighted by Crippen LogP contribution is 2.40. The summed E-state index contributed by atoms with van der Waals surface area (Å²) in [6.45, 7) is 5.65. The lowest BCUT2D eigenvalue weighted by Crippen LogP contribution is -2.50. The third kappa shape index (κ3) is 6.05. The maximum Gasteiger partial charge on any atom is 0.490 e. The molecule has 1 N–H and O–H groups in total. The van der Waals surface area contributed by atoms with E-state index in [1.807, 2.05) is 4.90 Å².